The molecule has 0 saturated carbocycles. The lowest BCUT2D eigenvalue weighted by Gasteiger charge is -2.08. The van der Waals surface area contributed by atoms with Crippen LogP contribution in [0.3, 0.4) is 0 Å². The van der Waals surface area contributed by atoms with Crippen LogP contribution in [0, 0.1) is 18.8 Å². The number of rotatable bonds is 2. The van der Waals surface area contributed by atoms with Crippen molar-refractivity contribution in [1.82, 2.24) is 0 Å². The fourth-order valence-corrected chi connectivity index (χ4v) is 2.65. The molecule has 2 rings (SSSR count). The van der Waals surface area contributed by atoms with E-state index in [1.807, 2.05) is 12.3 Å². The molecule has 1 aromatic carbocycles. The molecule has 0 aliphatic heterocycles. The van der Waals surface area contributed by atoms with Crippen LogP contribution in [-0.4, -0.2) is 17.6 Å². The summed E-state index contributed by atoms with van der Waals surface area (Å²) in [7, 11) is 0. The molecule has 0 fully saturated rings. The Morgan fingerprint density at radius 1 is 1.45 bits per heavy atom. The van der Waals surface area contributed by atoms with Gasteiger partial charge in [-0.1, -0.05) is 23.4 Å². The highest BCUT2D eigenvalue weighted by Crippen LogP contribution is 2.22. The first kappa shape index (κ1) is 14.6. The Morgan fingerprint density at radius 2 is 2.25 bits per heavy atom. The van der Waals surface area contributed by atoms with Crippen molar-refractivity contribution in [3.05, 3.63) is 50.7 Å². The van der Waals surface area contributed by atoms with E-state index in [1.54, 1.807) is 23.6 Å². The molecule has 0 unspecified atom stereocenters. The molecule has 102 valence electrons. The molecule has 1 amide bonds. The highest BCUT2D eigenvalue weighted by Gasteiger charge is 2.11. The maximum atomic E-state index is 12.2. The van der Waals surface area contributed by atoms with Crippen molar-refractivity contribution >= 4 is 34.5 Å². The van der Waals surface area contributed by atoms with Gasteiger partial charge in [0.25, 0.3) is 5.91 Å². The number of aliphatic hydroxyl groups is 1. The van der Waals surface area contributed by atoms with Crippen molar-refractivity contribution in [3.63, 3.8) is 0 Å². The van der Waals surface area contributed by atoms with Crippen molar-refractivity contribution in [2.45, 2.75) is 6.92 Å². The summed E-state index contributed by atoms with van der Waals surface area (Å²) in [5.74, 6) is 5.14. The molecule has 0 bridgehead atoms. The number of thiophene rings is 1. The SMILES string of the molecule is Cc1cscc1C(=O)Nc1ccc(Cl)cc1C#CCO. The number of aryl methyl sites for hydroxylation is 1. The van der Waals surface area contributed by atoms with Crippen LogP contribution < -0.4 is 5.32 Å². The van der Waals surface area contributed by atoms with Crippen LogP contribution >= 0.6 is 22.9 Å². The molecule has 0 radical (unpaired) electrons. The van der Waals surface area contributed by atoms with Crippen molar-refractivity contribution in [2.75, 3.05) is 11.9 Å². The van der Waals surface area contributed by atoms with Crippen LogP contribution in [0.25, 0.3) is 0 Å². The number of aliphatic hydroxyl groups excluding tert-OH is 1. The zero-order valence-electron chi connectivity index (χ0n) is 10.7. The first-order chi connectivity index (χ1) is 9.61. The van der Waals surface area contributed by atoms with Gasteiger partial charge < -0.3 is 10.4 Å². The summed E-state index contributed by atoms with van der Waals surface area (Å²) < 4.78 is 0. The Balaban J connectivity index is 2.29. The van der Waals surface area contributed by atoms with Gasteiger partial charge in [0.1, 0.15) is 6.61 Å². The fraction of sp³-hybridized carbons (Fsp3) is 0.133. The smallest absolute Gasteiger partial charge is 0.256 e. The number of halogens is 1. The van der Waals surface area contributed by atoms with E-state index in [2.05, 4.69) is 17.2 Å². The van der Waals surface area contributed by atoms with Gasteiger partial charge in [0.15, 0.2) is 0 Å². The Morgan fingerprint density at radius 3 is 2.90 bits per heavy atom. The van der Waals surface area contributed by atoms with Crippen LogP contribution in [0.5, 0.6) is 0 Å². The molecule has 1 aromatic heterocycles. The van der Waals surface area contributed by atoms with Crippen molar-refractivity contribution in [3.8, 4) is 11.8 Å². The number of nitrogens with one attached hydrogen (secondary N) is 1. The Hall–Kier alpha value is -1.80. The van der Waals surface area contributed by atoms with E-state index in [1.165, 1.54) is 11.3 Å². The zero-order chi connectivity index (χ0) is 14.5. The van der Waals surface area contributed by atoms with Gasteiger partial charge in [-0.3, -0.25) is 4.79 Å². The van der Waals surface area contributed by atoms with Crippen LogP contribution in [0.2, 0.25) is 5.02 Å². The highest BCUT2D eigenvalue weighted by atomic mass is 35.5. The van der Waals surface area contributed by atoms with E-state index in [0.717, 1.165) is 5.56 Å². The molecule has 2 N–H and O–H groups in total. The van der Waals surface area contributed by atoms with Gasteiger partial charge in [-0.2, -0.15) is 11.3 Å². The van der Waals surface area contributed by atoms with Gasteiger partial charge in [-0.25, -0.2) is 0 Å². The third kappa shape index (κ3) is 3.40. The fourth-order valence-electron chi connectivity index (χ4n) is 1.65. The lowest BCUT2D eigenvalue weighted by Crippen LogP contribution is -2.13. The summed E-state index contributed by atoms with van der Waals surface area (Å²) in [6, 6.07) is 5.03. The minimum atomic E-state index is -0.246. The number of anilines is 1. The van der Waals surface area contributed by atoms with Crippen LogP contribution in [-0.2, 0) is 0 Å². The molecule has 3 nitrogen and oxygen atoms in total. The van der Waals surface area contributed by atoms with E-state index in [0.29, 0.717) is 21.8 Å². The average molecular weight is 306 g/mol. The quantitative estimate of drug-likeness (QED) is 0.836. The summed E-state index contributed by atoms with van der Waals surface area (Å²) in [5.41, 5.74) is 2.73. The molecule has 0 aliphatic rings. The minimum absolute atomic E-state index is 0.182. The topological polar surface area (TPSA) is 49.3 Å². The second kappa shape index (κ2) is 6.58. The van der Waals surface area contributed by atoms with E-state index in [-0.39, 0.29) is 12.5 Å². The molecular weight excluding hydrogens is 294 g/mol. The van der Waals surface area contributed by atoms with E-state index < -0.39 is 0 Å². The number of carbonyl (C=O) groups excluding carboxylic acids is 1. The average Bonchev–Trinajstić information content (AvgIpc) is 2.85. The third-order valence-electron chi connectivity index (χ3n) is 2.63. The van der Waals surface area contributed by atoms with Crippen molar-refractivity contribution in [2.24, 2.45) is 0 Å². The predicted molar refractivity (Wildman–Crippen MR) is 82.4 cm³/mol. The zero-order valence-corrected chi connectivity index (χ0v) is 12.3. The van der Waals surface area contributed by atoms with Crippen molar-refractivity contribution in [1.29, 1.82) is 0 Å². The van der Waals surface area contributed by atoms with E-state index in [9.17, 15) is 4.79 Å². The summed E-state index contributed by atoms with van der Waals surface area (Å²) in [4.78, 5) is 12.2. The Bertz CT molecular complexity index is 697. The molecule has 0 spiro atoms. The third-order valence-corrected chi connectivity index (χ3v) is 3.73. The van der Waals surface area contributed by atoms with Gasteiger partial charge in [0, 0.05) is 16.0 Å². The first-order valence-electron chi connectivity index (χ1n) is 5.85. The number of hydrogen-bond donors (Lipinski definition) is 2. The van der Waals surface area contributed by atoms with Gasteiger partial charge in [-0.15, -0.1) is 0 Å². The summed E-state index contributed by atoms with van der Waals surface area (Å²) in [6.45, 7) is 1.64. The van der Waals surface area contributed by atoms with E-state index in [4.69, 9.17) is 16.7 Å². The second-order valence-electron chi connectivity index (χ2n) is 4.07. The van der Waals surface area contributed by atoms with Crippen molar-refractivity contribution < 1.29 is 9.90 Å². The van der Waals surface area contributed by atoms with Gasteiger partial charge in [0.05, 0.1) is 11.3 Å². The summed E-state index contributed by atoms with van der Waals surface area (Å²) in [6.07, 6.45) is 0. The molecule has 0 atom stereocenters. The number of carbonyl (C=O) groups is 1. The standard InChI is InChI=1S/C15H12ClNO2S/c1-10-8-20-9-13(10)15(19)17-14-5-4-12(16)7-11(14)3-2-6-18/h4-5,7-9,18H,6H2,1H3,(H,17,19). The van der Waals surface area contributed by atoms with Gasteiger partial charge >= 0.3 is 0 Å². The van der Waals surface area contributed by atoms with Gasteiger partial charge in [0.2, 0.25) is 0 Å². The normalized spacial score (nSPS) is 9.75. The summed E-state index contributed by atoms with van der Waals surface area (Å²) >= 11 is 7.40. The first-order valence-corrected chi connectivity index (χ1v) is 7.17. The minimum Gasteiger partial charge on any atom is -0.384 e. The second-order valence-corrected chi connectivity index (χ2v) is 5.25. The van der Waals surface area contributed by atoms with Crippen LogP contribution in [0.4, 0.5) is 5.69 Å². The molecule has 0 aliphatic carbocycles. The Kier molecular flexibility index (Phi) is 4.80. The van der Waals surface area contributed by atoms with Crippen LogP contribution in [0.1, 0.15) is 21.5 Å². The molecule has 2 aromatic rings. The number of amides is 1. The monoisotopic (exact) mass is 305 g/mol. The molecule has 5 heteroatoms. The lowest BCUT2D eigenvalue weighted by atomic mass is 10.1. The van der Waals surface area contributed by atoms with E-state index >= 15 is 0 Å². The van der Waals surface area contributed by atoms with Crippen LogP contribution in [0.15, 0.2) is 29.0 Å². The lowest BCUT2D eigenvalue weighted by molar-refractivity contribution is 0.102. The largest absolute Gasteiger partial charge is 0.384 e. The highest BCUT2D eigenvalue weighted by molar-refractivity contribution is 7.08. The van der Waals surface area contributed by atoms with Gasteiger partial charge in [-0.05, 0) is 36.1 Å². The Labute approximate surface area is 126 Å². The summed E-state index contributed by atoms with van der Waals surface area (Å²) in [5, 5.41) is 15.8. The maximum Gasteiger partial charge on any atom is 0.256 e. The molecule has 0 saturated heterocycles. The number of benzene rings is 1. The maximum absolute atomic E-state index is 12.2. The predicted octanol–water partition coefficient (Wildman–Crippen LogP) is 3.31. The molecular formula is C15H12ClNO2S. The molecule has 1 heterocycles. The molecule has 20 heavy (non-hydrogen) atoms. The number of hydrogen-bond acceptors (Lipinski definition) is 3.